The fourth-order valence-electron chi connectivity index (χ4n) is 1.59. The summed E-state index contributed by atoms with van der Waals surface area (Å²) in [4.78, 5) is 11.7. The number of amides is 1. The van der Waals surface area contributed by atoms with Crippen molar-refractivity contribution in [2.24, 2.45) is 5.92 Å². The van der Waals surface area contributed by atoms with Gasteiger partial charge in [0.25, 0.3) is 5.91 Å². The van der Waals surface area contributed by atoms with Crippen LogP contribution in [0.2, 0.25) is 0 Å². The number of hydrogen-bond donors (Lipinski definition) is 2. The van der Waals surface area contributed by atoms with Gasteiger partial charge in [-0.05, 0) is 37.0 Å². The monoisotopic (exact) mass is 252 g/mol. The Morgan fingerprint density at radius 2 is 2.28 bits per heavy atom. The Bertz CT molecular complexity index is 433. The Morgan fingerprint density at radius 1 is 1.50 bits per heavy atom. The molecule has 0 spiro atoms. The van der Waals surface area contributed by atoms with Gasteiger partial charge in [-0.25, -0.2) is 4.39 Å². The van der Waals surface area contributed by atoms with Crippen LogP contribution in [0.15, 0.2) is 18.2 Å². The van der Waals surface area contributed by atoms with E-state index < -0.39 is 5.82 Å². The SMILES string of the molecule is Nc1ccc(F)cc1C(=O)NCCOCC1CC1. The molecule has 1 aliphatic rings. The minimum absolute atomic E-state index is 0.164. The highest BCUT2D eigenvalue weighted by molar-refractivity contribution is 5.99. The maximum Gasteiger partial charge on any atom is 0.253 e. The van der Waals surface area contributed by atoms with Crippen molar-refractivity contribution in [1.82, 2.24) is 5.32 Å². The number of anilines is 1. The van der Waals surface area contributed by atoms with Crippen LogP contribution in [0.3, 0.4) is 0 Å². The van der Waals surface area contributed by atoms with Gasteiger partial charge in [0.1, 0.15) is 5.82 Å². The second kappa shape index (κ2) is 5.82. The maximum absolute atomic E-state index is 13.0. The summed E-state index contributed by atoms with van der Waals surface area (Å²) in [5.41, 5.74) is 6.05. The minimum Gasteiger partial charge on any atom is -0.398 e. The first-order valence-electron chi connectivity index (χ1n) is 6.08. The smallest absolute Gasteiger partial charge is 0.253 e. The van der Waals surface area contributed by atoms with Crippen molar-refractivity contribution in [3.05, 3.63) is 29.6 Å². The summed E-state index contributed by atoms with van der Waals surface area (Å²) in [6.45, 7) is 1.64. The molecule has 3 N–H and O–H groups in total. The third-order valence-electron chi connectivity index (χ3n) is 2.84. The molecule has 0 heterocycles. The lowest BCUT2D eigenvalue weighted by atomic mass is 10.1. The summed E-state index contributed by atoms with van der Waals surface area (Å²) in [6.07, 6.45) is 2.48. The van der Waals surface area contributed by atoms with Crippen LogP contribution in [0.4, 0.5) is 10.1 Å². The molecule has 0 aromatic heterocycles. The Hall–Kier alpha value is -1.62. The number of carbonyl (C=O) groups is 1. The van der Waals surface area contributed by atoms with Crippen LogP contribution in [-0.4, -0.2) is 25.7 Å². The zero-order valence-electron chi connectivity index (χ0n) is 10.1. The van der Waals surface area contributed by atoms with Crippen molar-refractivity contribution in [3.8, 4) is 0 Å². The molecule has 4 nitrogen and oxygen atoms in total. The summed E-state index contributed by atoms with van der Waals surface area (Å²) < 4.78 is 18.4. The van der Waals surface area contributed by atoms with Crippen LogP contribution < -0.4 is 11.1 Å². The standard InChI is InChI=1S/C13H17FN2O2/c14-10-3-4-12(15)11(7-10)13(17)16-5-6-18-8-9-1-2-9/h3-4,7,9H,1-2,5-6,8,15H2,(H,16,17). The van der Waals surface area contributed by atoms with Gasteiger partial charge in [-0.1, -0.05) is 0 Å². The summed E-state index contributed by atoms with van der Waals surface area (Å²) in [6, 6.07) is 3.74. The first-order valence-corrected chi connectivity index (χ1v) is 6.08. The quantitative estimate of drug-likeness (QED) is 0.596. The third kappa shape index (κ3) is 3.70. The minimum atomic E-state index is -0.473. The van der Waals surface area contributed by atoms with E-state index in [1.807, 2.05) is 0 Å². The van der Waals surface area contributed by atoms with E-state index in [0.29, 0.717) is 19.1 Å². The zero-order valence-corrected chi connectivity index (χ0v) is 10.1. The number of nitrogens with one attached hydrogen (secondary N) is 1. The van der Waals surface area contributed by atoms with Crippen molar-refractivity contribution < 1.29 is 13.9 Å². The molecule has 2 rings (SSSR count). The molecule has 0 unspecified atom stereocenters. The molecular formula is C13H17FN2O2. The molecule has 1 fully saturated rings. The van der Waals surface area contributed by atoms with Crippen LogP contribution in [0.25, 0.3) is 0 Å². The first kappa shape index (κ1) is 12.8. The van der Waals surface area contributed by atoms with E-state index >= 15 is 0 Å². The summed E-state index contributed by atoms with van der Waals surface area (Å²) in [5.74, 6) is -0.138. The van der Waals surface area contributed by atoms with Gasteiger partial charge < -0.3 is 15.8 Å². The normalized spacial score (nSPS) is 14.5. The average Bonchev–Trinajstić information content (AvgIpc) is 3.15. The second-order valence-corrected chi connectivity index (χ2v) is 4.51. The highest BCUT2D eigenvalue weighted by Gasteiger charge is 2.20. The van der Waals surface area contributed by atoms with E-state index in [-0.39, 0.29) is 17.2 Å². The van der Waals surface area contributed by atoms with Crippen molar-refractivity contribution in [2.45, 2.75) is 12.8 Å². The first-order chi connectivity index (χ1) is 8.66. The molecule has 1 aliphatic carbocycles. The number of nitrogens with two attached hydrogens (primary N) is 1. The molecule has 0 aliphatic heterocycles. The van der Waals surface area contributed by atoms with Crippen LogP contribution >= 0.6 is 0 Å². The van der Waals surface area contributed by atoms with Gasteiger partial charge in [0, 0.05) is 18.8 Å². The van der Waals surface area contributed by atoms with Gasteiger partial charge in [-0.15, -0.1) is 0 Å². The summed E-state index contributed by atoms with van der Waals surface area (Å²) >= 11 is 0. The largest absolute Gasteiger partial charge is 0.398 e. The van der Waals surface area contributed by atoms with E-state index in [4.69, 9.17) is 10.5 Å². The van der Waals surface area contributed by atoms with Crippen LogP contribution in [0, 0.1) is 11.7 Å². The number of benzene rings is 1. The topological polar surface area (TPSA) is 64.4 Å². The predicted octanol–water partition coefficient (Wildman–Crippen LogP) is 1.56. The number of hydrogen-bond acceptors (Lipinski definition) is 3. The van der Waals surface area contributed by atoms with Crippen molar-refractivity contribution in [2.75, 3.05) is 25.5 Å². The van der Waals surface area contributed by atoms with Crippen molar-refractivity contribution >= 4 is 11.6 Å². The Kier molecular flexibility index (Phi) is 4.15. The Labute approximate surface area is 105 Å². The molecule has 1 aromatic rings. The van der Waals surface area contributed by atoms with E-state index in [2.05, 4.69) is 5.32 Å². The molecule has 0 bridgehead atoms. The summed E-state index contributed by atoms with van der Waals surface area (Å²) in [5, 5.41) is 2.65. The van der Waals surface area contributed by atoms with E-state index in [9.17, 15) is 9.18 Å². The lowest BCUT2D eigenvalue weighted by molar-refractivity contribution is 0.0907. The molecule has 1 saturated carbocycles. The van der Waals surface area contributed by atoms with E-state index in [1.165, 1.54) is 25.0 Å². The highest BCUT2D eigenvalue weighted by Crippen LogP contribution is 2.28. The van der Waals surface area contributed by atoms with Gasteiger partial charge in [0.15, 0.2) is 0 Å². The Balaban J connectivity index is 1.74. The lowest BCUT2D eigenvalue weighted by Gasteiger charge is -2.08. The average molecular weight is 252 g/mol. The molecule has 1 aromatic carbocycles. The van der Waals surface area contributed by atoms with Gasteiger partial charge >= 0.3 is 0 Å². The van der Waals surface area contributed by atoms with Gasteiger partial charge in [-0.2, -0.15) is 0 Å². The fourth-order valence-corrected chi connectivity index (χ4v) is 1.59. The molecule has 0 saturated heterocycles. The lowest BCUT2D eigenvalue weighted by Crippen LogP contribution is -2.28. The molecule has 0 atom stereocenters. The van der Waals surface area contributed by atoms with Gasteiger partial charge in [0.05, 0.1) is 12.2 Å². The molecule has 5 heteroatoms. The highest BCUT2D eigenvalue weighted by atomic mass is 19.1. The van der Waals surface area contributed by atoms with Crippen molar-refractivity contribution in [1.29, 1.82) is 0 Å². The molecule has 18 heavy (non-hydrogen) atoms. The van der Waals surface area contributed by atoms with E-state index in [1.54, 1.807) is 0 Å². The van der Waals surface area contributed by atoms with Crippen LogP contribution in [0.1, 0.15) is 23.2 Å². The van der Waals surface area contributed by atoms with E-state index in [0.717, 1.165) is 12.7 Å². The number of rotatable bonds is 6. The van der Waals surface area contributed by atoms with Crippen molar-refractivity contribution in [3.63, 3.8) is 0 Å². The fraction of sp³-hybridized carbons (Fsp3) is 0.462. The number of ether oxygens (including phenoxy) is 1. The van der Waals surface area contributed by atoms with Gasteiger partial charge in [0.2, 0.25) is 0 Å². The second-order valence-electron chi connectivity index (χ2n) is 4.51. The number of carbonyl (C=O) groups excluding carboxylic acids is 1. The molecular weight excluding hydrogens is 235 g/mol. The van der Waals surface area contributed by atoms with Crippen LogP contribution in [0.5, 0.6) is 0 Å². The molecule has 0 radical (unpaired) electrons. The van der Waals surface area contributed by atoms with Crippen LogP contribution in [-0.2, 0) is 4.74 Å². The number of halogens is 1. The predicted molar refractivity (Wildman–Crippen MR) is 66.7 cm³/mol. The maximum atomic E-state index is 13.0. The molecule has 1 amide bonds. The third-order valence-corrected chi connectivity index (χ3v) is 2.84. The zero-order chi connectivity index (χ0) is 13.0. The van der Waals surface area contributed by atoms with Gasteiger partial charge in [-0.3, -0.25) is 4.79 Å². The number of nitrogen functional groups attached to an aromatic ring is 1. The Morgan fingerprint density at radius 3 is 3.00 bits per heavy atom. The molecule has 98 valence electrons. The summed E-state index contributed by atoms with van der Waals surface area (Å²) in [7, 11) is 0.